The fraction of sp³-hybridized carbons (Fsp3) is 0.429. The Labute approximate surface area is 179 Å². The fourth-order valence-corrected chi connectivity index (χ4v) is 4.16. The molecule has 0 spiro atoms. The Morgan fingerprint density at radius 2 is 2.06 bits per heavy atom. The molecular formula is C21H21F4N3O4. The third kappa shape index (κ3) is 3.92. The molecule has 0 unspecified atom stereocenters. The maximum atomic E-state index is 15.3. The predicted octanol–water partition coefficient (Wildman–Crippen LogP) is 3.56. The highest BCUT2D eigenvalue weighted by atomic mass is 19.3. The zero-order valence-electron chi connectivity index (χ0n) is 16.9. The highest BCUT2D eigenvalue weighted by molar-refractivity contribution is 5.97. The number of hydrogen-bond donors (Lipinski definition) is 2. The second kappa shape index (κ2) is 8.45. The number of piperidine rings is 1. The number of benzene rings is 1. The van der Waals surface area contributed by atoms with Crippen molar-refractivity contribution in [2.24, 2.45) is 5.73 Å². The minimum atomic E-state index is -3.33. The van der Waals surface area contributed by atoms with E-state index >= 15 is 4.39 Å². The van der Waals surface area contributed by atoms with Crippen LogP contribution < -0.4 is 20.8 Å². The lowest BCUT2D eigenvalue weighted by Crippen LogP contribution is -2.33. The first-order valence-electron chi connectivity index (χ1n) is 10.1. The molecule has 0 bridgehead atoms. The van der Waals surface area contributed by atoms with E-state index in [1.165, 1.54) is 9.47 Å². The molecule has 4 rings (SSSR count). The van der Waals surface area contributed by atoms with Crippen molar-refractivity contribution < 1.29 is 32.2 Å². The van der Waals surface area contributed by atoms with Crippen LogP contribution in [0.3, 0.4) is 0 Å². The molecule has 1 saturated heterocycles. The third-order valence-corrected chi connectivity index (χ3v) is 5.74. The minimum Gasteiger partial charge on any atom is -0.477 e. The van der Waals surface area contributed by atoms with E-state index < -0.39 is 41.0 Å². The number of nitrogens with two attached hydrogens (primary N) is 1. The largest absolute Gasteiger partial charge is 0.477 e. The zero-order valence-corrected chi connectivity index (χ0v) is 16.9. The summed E-state index contributed by atoms with van der Waals surface area (Å²) in [5.41, 5.74) is 3.69. The molecule has 1 aliphatic heterocycles. The van der Waals surface area contributed by atoms with Crippen LogP contribution in [0.5, 0.6) is 5.75 Å². The van der Waals surface area contributed by atoms with Crippen molar-refractivity contribution in [1.29, 1.82) is 0 Å². The number of halogens is 4. The number of pyridine rings is 1. The van der Waals surface area contributed by atoms with Crippen LogP contribution in [0.4, 0.5) is 23.2 Å². The van der Waals surface area contributed by atoms with Crippen molar-refractivity contribution >= 4 is 22.6 Å². The third-order valence-electron chi connectivity index (χ3n) is 5.74. The average molecular weight is 455 g/mol. The molecule has 3 N–H and O–H groups in total. The standard InChI is InChI=1S/C21H21F4N3O4/c22-14-6-12-16(28(11-3-4-11)9-13(18(12)29)20(30)31)19(32-21(24)25)17(14)27-5-1-2-10(8-27)15(23)7-26/h6,9,11,21H,1-5,7-8,26H2,(H,30,31). The van der Waals surface area contributed by atoms with Crippen molar-refractivity contribution in [3.8, 4) is 5.75 Å². The van der Waals surface area contributed by atoms with E-state index in [1.54, 1.807) is 0 Å². The van der Waals surface area contributed by atoms with E-state index in [2.05, 4.69) is 0 Å². The highest BCUT2D eigenvalue weighted by Crippen LogP contribution is 2.45. The van der Waals surface area contributed by atoms with Gasteiger partial charge in [0.1, 0.15) is 17.1 Å². The first-order valence-corrected chi connectivity index (χ1v) is 10.1. The number of hydrogen-bond acceptors (Lipinski definition) is 5. The summed E-state index contributed by atoms with van der Waals surface area (Å²) in [6, 6.07) is 0.606. The summed E-state index contributed by atoms with van der Waals surface area (Å²) in [4.78, 5) is 25.7. The van der Waals surface area contributed by atoms with E-state index in [1.807, 2.05) is 0 Å². The van der Waals surface area contributed by atoms with Crippen LogP contribution in [-0.4, -0.2) is 41.9 Å². The molecule has 32 heavy (non-hydrogen) atoms. The SMILES string of the molecule is NCC(F)=C1CCCN(c2c(F)cc3c(=O)c(C(=O)O)cn(C4CC4)c3c2OC(F)F)C1. The van der Waals surface area contributed by atoms with Crippen LogP contribution in [0.25, 0.3) is 10.9 Å². The van der Waals surface area contributed by atoms with E-state index in [0.717, 1.165) is 12.3 Å². The second-order valence-corrected chi connectivity index (χ2v) is 7.86. The number of aromatic carboxylic acids is 1. The van der Waals surface area contributed by atoms with Gasteiger partial charge in [-0.15, -0.1) is 0 Å². The van der Waals surface area contributed by atoms with Crippen LogP contribution in [0, 0.1) is 5.82 Å². The summed E-state index contributed by atoms with van der Waals surface area (Å²) in [6.07, 6.45) is 3.18. The van der Waals surface area contributed by atoms with Gasteiger partial charge in [-0.2, -0.15) is 8.78 Å². The van der Waals surface area contributed by atoms with Crippen molar-refractivity contribution in [3.63, 3.8) is 0 Å². The van der Waals surface area contributed by atoms with E-state index in [4.69, 9.17) is 10.5 Å². The molecule has 11 heteroatoms. The number of anilines is 1. The molecule has 1 aromatic carbocycles. The van der Waals surface area contributed by atoms with Gasteiger partial charge in [-0.05, 0) is 37.3 Å². The Morgan fingerprint density at radius 3 is 2.66 bits per heavy atom. The number of aromatic nitrogens is 1. The topological polar surface area (TPSA) is 97.8 Å². The van der Waals surface area contributed by atoms with Crippen molar-refractivity contribution in [1.82, 2.24) is 4.57 Å². The van der Waals surface area contributed by atoms with E-state index in [9.17, 15) is 27.9 Å². The molecule has 0 amide bonds. The molecule has 2 aliphatic rings. The van der Waals surface area contributed by atoms with Crippen molar-refractivity contribution in [3.05, 3.63) is 45.3 Å². The monoisotopic (exact) mass is 455 g/mol. The quantitative estimate of drug-likeness (QED) is 0.647. The summed E-state index contributed by atoms with van der Waals surface area (Å²) < 4.78 is 62.3. The molecule has 1 saturated carbocycles. The number of carbonyl (C=O) groups is 1. The zero-order chi connectivity index (χ0) is 23.2. The van der Waals surface area contributed by atoms with Crippen LogP contribution in [-0.2, 0) is 0 Å². The second-order valence-electron chi connectivity index (χ2n) is 7.86. The molecule has 7 nitrogen and oxygen atoms in total. The first-order chi connectivity index (χ1) is 15.2. The van der Waals surface area contributed by atoms with Gasteiger partial charge in [0.15, 0.2) is 11.6 Å². The summed E-state index contributed by atoms with van der Waals surface area (Å²) >= 11 is 0. The molecule has 2 aromatic rings. The first kappa shape index (κ1) is 22.1. The molecular weight excluding hydrogens is 434 g/mol. The van der Waals surface area contributed by atoms with Crippen LogP contribution in [0.2, 0.25) is 0 Å². The normalized spacial score (nSPS) is 18.4. The Kier molecular flexibility index (Phi) is 5.85. The van der Waals surface area contributed by atoms with Gasteiger partial charge < -0.3 is 25.0 Å². The maximum absolute atomic E-state index is 15.3. The Hall–Kier alpha value is -3.08. The van der Waals surface area contributed by atoms with Crippen LogP contribution in [0.1, 0.15) is 42.1 Å². The lowest BCUT2D eigenvalue weighted by Gasteiger charge is -2.33. The summed E-state index contributed by atoms with van der Waals surface area (Å²) in [7, 11) is 0. The lowest BCUT2D eigenvalue weighted by atomic mass is 10.0. The van der Waals surface area contributed by atoms with Gasteiger partial charge in [0, 0.05) is 31.9 Å². The number of carboxylic acid groups (broad SMARTS) is 1. The Bertz CT molecular complexity index is 1170. The highest BCUT2D eigenvalue weighted by Gasteiger charge is 2.33. The molecule has 2 fully saturated rings. The smallest absolute Gasteiger partial charge is 0.387 e. The van der Waals surface area contributed by atoms with Crippen molar-refractivity contribution in [2.45, 2.75) is 38.3 Å². The van der Waals surface area contributed by atoms with Gasteiger partial charge in [0.2, 0.25) is 5.43 Å². The number of ether oxygens (including phenoxy) is 1. The molecule has 0 radical (unpaired) electrons. The van der Waals surface area contributed by atoms with Gasteiger partial charge in [0.05, 0.1) is 10.9 Å². The molecule has 1 aliphatic carbocycles. The Morgan fingerprint density at radius 1 is 1.34 bits per heavy atom. The summed E-state index contributed by atoms with van der Waals surface area (Å²) in [6.45, 7) is -3.50. The van der Waals surface area contributed by atoms with Crippen LogP contribution >= 0.6 is 0 Å². The Balaban J connectivity index is 2.01. The number of nitrogens with zero attached hydrogens (tertiary/aromatic N) is 2. The molecule has 2 heterocycles. The van der Waals surface area contributed by atoms with Crippen LogP contribution in [0.15, 0.2) is 28.5 Å². The maximum Gasteiger partial charge on any atom is 0.387 e. The number of carboxylic acids is 1. The van der Waals surface area contributed by atoms with E-state index in [-0.39, 0.29) is 42.3 Å². The molecule has 1 aromatic heterocycles. The van der Waals surface area contributed by atoms with Crippen molar-refractivity contribution in [2.75, 3.05) is 24.5 Å². The van der Waals surface area contributed by atoms with Gasteiger partial charge in [-0.1, -0.05) is 0 Å². The van der Waals surface area contributed by atoms with Gasteiger partial charge in [-0.3, -0.25) is 4.79 Å². The number of rotatable bonds is 6. The minimum absolute atomic E-state index is 0.0775. The summed E-state index contributed by atoms with van der Waals surface area (Å²) in [5.74, 6) is -3.65. The summed E-state index contributed by atoms with van der Waals surface area (Å²) in [5, 5.41) is 9.02. The van der Waals surface area contributed by atoms with Gasteiger partial charge in [0.25, 0.3) is 0 Å². The lowest BCUT2D eigenvalue weighted by molar-refractivity contribution is -0.0488. The fourth-order valence-electron chi connectivity index (χ4n) is 4.16. The number of fused-ring (bicyclic) bond motifs is 1. The van der Waals surface area contributed by atoms with Gasteiger partial charge in [-0.25, -0.2) is 13.6 Å². The number of alkyl halides is 2. The predicted molar refractivity (Wildman–Crippen MR) is 109 cm³/mol. The van der Waals surface area contributed by atoms with Gasteiger partial charge >= 0.3 is 12.6 Å². The van der Waals surface area contributed by atoms with E-state index in [0.29, 0.717) is 31.3 Å². The molecule has 172 valence electrons. The molecule has 0 atom stereocenters. The average Bonchev–Trinajstić information content (AvgIpc) is 3.58.